The van der Waals surface area contributed by atoms with Crippen LogP contribution in [0.1, 0.15) is 22.3 Å². The molecule has 0 N–H and O–H groups in total. The van der Waals surface area contributed by atoms with E-state index in [1.165, 1.54) is 10.9 Å². The summed E-state index contributed by atoms with van der Waals surface area (Å²) in [5.41, 5.74) is 5.54. The number of hydrogen-bond donors (Lipinski definition) is 0. The fourth-order valence-electron chi connectivity index (χ4n) is 3.22. The van der Waals surface area contributed by atoms with Gasteiger partial charge >= 0.3 is 0 Å². The summed E-state index contributed by atoms with van der Waals surface area (Å²) in [5.74, 6) is 0.844. The minimum absolute atomic E-state index is 0.532. The molecule has 28 heavy (non-hydrogen) atoms. The summed E-state index contributed by atoms with van der Waals surface area (Å²) in [6.07, 6.45) is 1.93. The Hall–Kier alpha value is -3.39. The van der Waals surface area contributed by atoms with Crippen molar-refractivity contribution in [3.63, 3.8) is 0 Å². The smallest absolute Gasteiger partial charge is 0.129 e. The SMILES string of the molecule is Cc1ccc(COc2ccc3ccccc3c2C=Nc2ccccc2C)cc1. The zero-order valence-corrected chi connectivity index (χ0v) is 16.2. The predicted octanol–water partition coefficient (Wildman–Crippen LogP) is 6.79. The number of aliphatic imine (C=N–C) groups is 1. The first-order valence-corrected chi connectivity index (χ1v) is 9.50. The van der Waals surface area contributed by atoms with E-state index in [2.05, 4.69) is 74.5 Å². The van der Waals surface area contributed by atoms with Crippen molar-refractivity contribution in [2.45, 2.75) is 20.5 Å². The lowest BCUT2D eigenvalue weighted by molar-refractivity contribution is 0.306. The van der Waals surface area contributed by atoms with Crippen molar-refractivity contribution in [1.82, 2.24) is 0 Å². The Balaban J connectivity index is 1.70. The molecule has 0 aliphatic carbocycles. The summed E-state index contributed by atoms with van der Waals surface area (Å²) in [7, 11) is 0. The molecule has 0 atom stereocenters. The number of rotatable bonds is 5. The second-order valence-corrected chi connectivity index (χ2v) is 7.02. The van der Waals surface area contributed by atoms with Crippen molar-refractivity contribution < 1.29 is 4.74 Å². The molecule has 4 aromatic rings. The van der Waals surface area contributed by atoms with Crippen LogP contribution in [-0.4, -0.2) is 6.21 Å². The molecule has 0 amide bonds. The summed E-state index contributed by atoms with van der Waals surface area (Å²) in [4.78, 5) is 4.75. The van der Waals surface area contributed by atoms with Crippen molar-refractivity contribution in [2.75, 3.05) is 0 Å². The fourth-order valence-corrected chi connectivity index (χ4v) is 3.22. The van der Waals surface area contributed by atoms with Crippen molar-refractivity contribution in [1.29, 1.82) is 0 Å². The van der Waals surface area contributed by atoms with E-state index in [0.29, 0.717) is 6.61 Å². The topological polar surface area (TPSA) is 21.6 Å². The lowest BCUT2D eigenvalue weighted by atomic mass is 10.0. The van der Waals surface area contributed by atoms with Crippen LogP contribution in [0.5, 0.6) is 5.75 Å². The minimum Gasteiger partial charge on any atom is -0.488 e. The van der Waals surface area contributed by atoms with Gasteiger partial charge in [0.1, 0.15) is 12.4 Å². The predicted molar refractivity (Wildman–Crippen MR) is 118 cm³/mol. The van der Waals surface area contributed by atoms with E-state index < -0.39 is 0 Å². The first kappa shape index (κ1) is 18.0. The Bertz CT molecular complexity index is 1130. The van der Waals surface area contributed by atoms with Gasteiger partial charge in [0.15, 0.2) is 0 Å². The summed E-state index contributed by atoms with van der Waals surface area (Å²) in [6, 6.07) is 29.1. The van der Waals surface area contributed by atoms with Crippen LogP contribution < -0.4 is 4.74 Å². The van der Waals surface area contributed by atoms with Gasteiger partial charge in [0.05, 0.1) is 5.69 Å². The second-order valence-electron chi connectivity index (χ2n) is 7.02. The number of aryl methyl sites for hydroxylation is 2. The highest BCUT2D eigenvalue weighted by atomic mass is 16.5. The normalized spacial score (nSPS) is 11.2. The van der Waals surface area contributed by atoms with Gasteiger partial charge in [0.2, 0.25) is 0 Å². The van der Waals surface area contributed by atoms with Gasteiger partial charge in [0.25, 0.3) is 0 Å². The molecule has 4 aromatic carbocycles. The highest BCUT2D eigenvalue weighted by Crippen LogP contribution is 2.28. The molecule has 0 saturated carbocycles. The van der Waals surface area contributed by atoms with E-state index in [1.54, 1.807) is 0 Å². The summed E-state index contributed by atoms with van der Waals surface area (Å²) >= 11 is 0. The van der Waals surface area contributed by atoms with Gasteiger partial charge in [-0.3, -0.25) is 4.99 Å². The van der Waals surface area contributed by atoms with Gasteiger partial charge in [-0.05, 0) is 47.9 Å². The molecular weight excluding hydrogens is 342 g/mol. The van der Waals surface area contributed by atoms with E-state index in [-0.39, 0.29) is 0 Å². The molecule has 2 nitrogen and oxygen atoms in total. The third kappa shape index (κ3) is 3.96. The number of para-hydroxylation sites is 1. The van der Waals surface area contributed by atoms with Gasteiger partial charge < -0.3 is 4.74 Å². The summed E-state index contributed by atoms with van der Waals surface area (Å²) in [6.45, 7) is 4.70. The van der Waals surface area contributed by atoms with Gasteiger partial charge in [0, 0.05) is 11.8 Å². The molecule has 0 fully saturated rings. The van der Waals surface area contributed by atoms with Crippen molar-refractivity contribution >= 4 is 22.7 Å². The molecule has 0 aliphatic heterocycles. The van der Waals surface area contributed by atoms with Crippen molar-refractivity contribution in [2.24, 2.45) is 4.99 Å². The average Bonchev–Trinajstić information content (AvgIpc) is 2.73. The van der Waals surface area contributed by atoms with Crippen molar-refractivity contribution in [3.8, 4) is 5.75 Å². The standard InChI is InChI=1S/C26H23NO/c1-19-11-13-21(14-12-19)18-28-26-16-15-22-8-4-5-9-23(22)24(26)17-27-25-10-6-3-7-20(25)2/h3-17H,18H2,1-2H3. The number of nitrogens with zero attached hydrogens (tertiary/aromatic N) is 1. The third-order valence-electron chi connectivity index (χ3n) is 4.89. The number of ether oxygens (including phenoxy) is 1. The van der Waals surface area contributed by atoms with Gasteiger partial charge in [-0.1, -0.05) is 78.4 Å². The van der Waals surface area contributed by atoms with Gasteiger partial charge in [-0.2, -0.15) is 0 Å². The van der Waals surface area contributed by atoms with Gasteiger partial charge in [-0.15, -0.1) is 0 Å². The zero-order chi connectivity index (χ0) is 19.3. The highest BCUT2D eigenvalue weighted by molar-refractivity contribution is 6.03. The maximum atomic E-state index is 6.20. The van der Waals surface area contributed by atoms with E-state index in [9.17, 15) is 0 Å². The molecule has 4 rings (SSSR count). The Kier molecular flexibility index (Phi) is 5.20. The van der Waals surface area contributed by atoms with E-state index in [4.69, 9.17) is 9.73 Å². The van der Waals surface area contributed by atoms with Crippen LogP contribution in [0.4, 0.5) is 5.69 Å². The highest BCUT2D eigenvalue weighted by Gasteiger charge is 2.08. The molecule has 138 valence electrons. The maximum Gasteiger partial charge on any atom is 0.129 e. The first-order chi connectivity index (χ1) is 13.7. The van der Waals surface area contributed by atoms with Crippen LogP contribution in [0.2, 0.25) is 0 Å². The van der Waals surface area contributed by atoms with E-state index >= 15 is 0 Å². The largest absolute Gasteiger partial charge is 0.488 e. The molecule has 0 aliphatic rings. The fraction of sp³-hybridized carbons (Fsp3) is 0.115. The molecule has 0 saturated heterocycles. The molecule has 0 heterocycles. The van der Waals surface area contributed by atoms with E-state index in [1.807, 2.05) is 30.5 Å². The summed E-state index contributed by atoms with van der Waals surface area (Å²) < 4.78 is 6.20. The van der Waals surface area contributed by atoms with Crippen LogP contribution in [0.25, 0.3) is 10.8 Å². The molecule has 0 bridgehead atoms. The molecule has 2 heteroatoms. The van der Waals surface area contributed by atoms with Gasteiger partial charge in [-0.25, -0.2) is 0 Å². The molecule has 0 aromatic heterocycles. The Labute approximate surface area is 166 Å². The maximum absolute atomic E-state index is 6.20. The Morgan fingerprint density at radius 2 is 1.54 bits per heavy atom. The monoisotopic (exact) mass is 365 g/mol. The Morgan fingerprint density at radius 1 is 0.786 bits per heavy atom. The molecular formula is C26H23NO. The molecule has 0 spiro atoms. The average molecular weight is 365 g/mol. The van der Waals surface area contributed by atoms with Crippen molar-refractivity contribution in [3.05, 3.63) is 107 Å². The van der Waals surface area contributed by atoms with Crippen LogP contribution in [0, 0.1) is 13.8 Å². The quantitative estimate of drug-likeness (QED) is 0.357. The molecule has 0 unspecified atom stereocenters. The number of hydrogen-bond acceptors (Lipinski definition) is 2. The second kappa shape index (κ2) is 8.10. The lowest BCUT2D eigenvalue weighted by Gasteiger charge is -2.12. The lowest BCUT2D eigenvalue weighted by Crippen LogP contribution is -1.99. The first-order valence-electron chi connectivity index (χ1n) is 9.50. The number of fused-ring (bicyclic) bond motifs is 1. The number of benzene rings is 4. The van der Waals surface area contributed by atoms with Crippen LogP contribution in [0.15, 0.2) is 89.9 Å². The van der Waals surface area contributed by atoms with E-state index in [0.717, 1.165) is 33.5 Å². The third-order valence-corrected chi connectivity index (χ3v) is 4.89. The Morgan fingerprint density at radius 3 is 2.36 bits per heavy atom. The summed E-state index contributed by atoms with van der Waals surface area (Å²) in [5, 5.41) is 2.32. The zero-order valence-electron chi connectivity index (χ0n) is 16.2. The molecule has 0 radical (unpaired) electrons. The van der Waals surface area contributed by atoms with Crippen LogP contribution in [0.3, 0.4) is 0 Å². The van der Waals surface area contributed by atoms with Crippen LogP contribution in [-0.2, 0) is 6.61 Å². The minimum atomic E-state index is 0.532. The van der Waals surface area contributed by atoms with Crippen LogP contribution >= 0.6 is 0 Å².